The summed E-state index contributed by atoms with van der Waals surface area (Å²) in [7, 11) is 0. The zero-order valence-electron chi connectivity index (χ0n) is 12.3. The van der Waals surface area contributed by atoms with E-state index in [4.69, 9.17) is 10.00 Å². The number of unbranched alkanes of at least 4 members (excludes halogenated alkanes) is 2. The van der Waals surface area contributed by atoms with Crippen LogP contribution in [0.25, 0.3) is 0 Å². The van der Waals surface area contributed by atoms with Crippen molar-refractivity contribution in [2.24, 2.45) is 5.92 Å². The van der Waals surface area contributed by atoms with E-state index in [-0.39, 0.29) is 0 Å². The molecule has 4 heteroatoms. The Morgan fingerprint density at radius 1 is 1.35 bits per heavy atom. The Labute approximate surface area is 130 Å². The molecule has 3 nitrogen and oxygen atoms in total. The molecule has 0 saturated heterocycles. The molecule has 0 atom stereocenters. The average molecular weight is 339 g/mol. The van der Waals surface area contributed by atoms with Gasteiger partial charge < -0.3 is 10.1 Å². The summed E-state index contributed by atoms with van der Waals surface area (Å²) in [6.45, 7) is 6.86. The summed E-state index contributed by atoms with van der Waals surface area (Å²) in [4.78, 5) is 0. The van der Waals surface area contributed by atoms with Crippen molar-refractivity contribution in [1.29, 1.82) is 5.26 Å². The van der Waals surface area contributed by atoms with Crippen molar-refractivity contribution in [3.8, 4) is 11.8 Å². The quantitative estimate of drug-likeness (QED) is 0.684. The molecule has 0 fully saturated rings. The van der Waals surface area contributed by atoms with Crippen molar-refractivity contribution in [2.45, 2.75) is 39.7 Å². The van der Waals surface area contributed by atoms with E-state index in [0.717, 1.165) is 36.2 Å². The molecule has 0 unspecified atom stereocenters. The maximum atomic E-state index is 8.49. The molecule has 0 amide bonds. The highest BCUT2D eigenvalue weighted by molar-refractivity contribution is 9.10. The number of nitriles is 1. The molecule has 1 rings (SSSR count). The fourth-order valence-electron chi connectivity index (χ4n) is 1.81. The molecule has 0 aliphatic carbocycles. The second kappa shape index (κ2) is 9.79. The first kappa shape index (κ1) is 17.0. The fourth-order valence-corrected chi connectivity index (χ4v) is 2.22. The van der Waals surface area contributed by atoms with Gasteiger partial charge in [-0.15, -0.1) is 0 Å². The molecule has 20 heavy (non-hydrogen) atoms. The van der Waals surface area contributed by atoms with Gasteiger partial charge in [0.1, 0.15) is 5.75 Å². The van der Waals surface area contributed by atoms with Crippen LogP contribution in [0.2, 0.25) is 0 Å². The van der Waals surface area contributed by atoms with Gasteiger partial charge in [-0.1, -0.05) is 29.8 Å². The van der Waals surface area contributed by atoms with Crippen molar-refractivity contribution >= 4 is 15.9 Å². The molecule has 1 aromatic rings. The predicted octanol–water partition coefficient (Wildman–Crippen LogP) is 4.27. The van der Waals surface area contributed by atoms with Crippen LogP contribution in [-0.2, 0) is 6.54 Å². The van der Waals surface area contributed by atoms with E-state index in [2.05, 4.69) is 47.2 Å². The van der Waals surface area contributed by atoms with Gasteiger partial charge in [0, 0.05) is 23.0 Å². The zero-order chi connectivity index (χ0) is 14.8. The van der Waals surface area contributed by atoms with Gasteiger partial charge >= 0.3 is 0 Å². The Balaban J connectivity index is 2.49. The van der Waals surface area contributed by atoms with Crippen LogP contribution in [0.5, 0.6) is 5.75 Å². The monoisotopic (exact) mass is 338 g/mol. The molecule has 0 aliphatic rings. The average Bonchev–Trinajstić information content (AvgIpc) is 2.40. The van der Waals surface area contributed by atoms with Crippen LogP contribution in [0.15, 0.2) is 22.7 Å². The van der Waals surface area contributed by atoms with E-state index in [0.29, 0.717) is 18.9 Å². The lowest BCUT2D eigenvalue weighted by Crippen LogP contribution is -2.19. The minimum atomic E-state index is 0.604. The van der Waals surface area contributed by atoms with Crippen LogP contribution in [0.3, 0.4) is 0 Å². The lowest BCUT2D eigenvalue weighted by molar-refractivity contribution is 0.303. The molecule has 0 spiro atoms. The summed E-state index contributed by atoms with van der Waals surface area (Å²) in [5.41, 5.74) is 1.17. The van der Waals surface area contributed by atoms with Gasteiger partial charge in [-0.2, -0.15) is 5.26 Å². The Bertz CT molecular complexity index is 441. The van der Waals surface area contributed by atoms with Crippen molar-refractivity contribution < 1.29 is 4.74 Å². The molecule has 110 valence electrons. The number of benzene rings is 1. The van der Waals surface area contributed by atoms with E-state index < -0.39 is 0 Å². The summed E-state index contributed by atoms with van der Waals surface area (Å²) < 4.78 is 6.89. The number of ether oxygens (including phenoxy) is 1. The number of rotatable bonds is 9. The zero-order valence-corrected chi connectivity index (χ0v) is 13.9. The molecular weight excluding hydrogens is 316 g/mol. The number of nitrogens with zero attached hydrogens (tertiary/aromatic N) is 1. The highest BCUT2D eigenvalue weighted by atomic mass is 79.9. The van der Waals surface area contributed by atoms with Crippen LogP contribution >= 0.6 is 15.9 Å². The van der Waals surface area contributed by atoms with Gasteiger partial charge in [0.05, 0.1) is 12.7 Å². The van der Waals surface area contributed by atoms with Gasteiger partial charge in [0.15, 0.2) is 0 Å². The van der Waals surface area contributed by atoms with E-state index in [1.54, 1.807) is 0 Å². The summed E-state index contributed by atoms with van der Waals surface area (Å²) >= 11 is 3.50. The van der Waals surface area contributed by atoms with E-state index >= 15 is 0 Å². The molecule has 0 radical (unpaired) electrons. The normalized spacial score (nSPS) is 10.6. The van der Waals surface area contributed by atoms with Crippen LogP contribution in [0.1, 0.15) is 38.7 Å². The third kappa shape index (κ3) is 6.93. The number of nitrogens with one attached hydrogen (secondary N) is 1. The highest BCUT2D eigenvalue weighted by Crippen LogP contribution is 2.23. The van der Waals surface area contributed by atoms with Crippen molar-refractivity contribution in [3.05, 3.63) is 28.2 Å². The van der Waals surface area contributed by atoms with Crippen molar-refractivity contribution in [2.75, 3.05) is 13.2 Å². The molecular formula is C16H23BrN2O. The third-order valence-corrected chi connectivity index (χ3v) is 3.32. The highest BCUT2D eigenvalue weighted by Gasteiger charge is 2.05. The molecule has 0 bridgehead atoms. The van der Waals surface area contributed by atoms with Crippen LogP contribution in [-0.4, -0.2) is 13.2 Å². The first-order chi connectivity index (χ1) is 9.63. The topological polar surface area (TPSA) is 45.0 Å². The predicted molar refractivity (Wildman–Crippen MR) is 85.6 cm³/mol. The number of hydrogen-bond acceptors (Lipinski definition) is 3. The van der Waals surface area contributed by atoms with Crippen molar-refractivity contribution in [1.82, 2.24) is 5.32 Å². The molecule has 0 heterocycles. The standard InChI is InChI=1S/C16H23BrN2O/c1-13(2)11-19-12-14-10-15(17)6-7-16(14)20-9-5-3-4-8-18/h6-7,10,13,19H,3-5,9,11-12H2,1-2H3. The van der Waals surface area contributed by atoms with E-state index in [1.807, 2.05) is 12.1 Å². The van der Waals surface area contributed by atoms with Gasteiger partial charge in [0.25, 0.3) is 0 Å². The Morgan fingerprint density at radius 2 is 2.15 bits per heavy atom. The van der Waals surface area contributed by atoms with Crippen LogP contribution in [0.4, 0.5) is 0 Å². The lowest BCUT2D eigenvalue weighted by Gasteiger charge is -2.13. The van der Waals surface area contributed by atoms with Crippen LogP contribution in [0, 0.1) is 17.2 Å². The SMILES string of the molecule is CC(C)CNCc1cc(Br)ccc1OCCCCC#N. The number of halogens is 1. The summed E-state index contributed by atoms with van der Waals surface area (Å²) in [5, 5.41) is 11.9. The van der Waals surface area contributed by atoms with Crippen molar-refractivity contribution in [3.63, 3.8) is 0 Å². The fraction of sp³-hybridized carbons (Fsp3) is 0.562. The summed E-state index contributed by atoms with van der Waals surface area (Å²) in [5.74, 6) is 1.57. The Morgan fingerprint density at radius 3 is 2.85 bits per heavy atom. The lowest BCUT2D eigenvalue weighted by atomic mass is 10.2. The largest absolute Gasteiger partial charge is 0.493 e. The van der Waals surface area contributed by atoms with Gasteiger partial charge in [0.2, 0.25) is 0 Å². The smallest absolute Gasteiger partial charge is 0.123 e. The van der Waals surface area contributed by atoms with Gasteiger partial charge in [-0.3, -0.25) is 0 Å². The second-order valence-electron chi connectivity index (χ2n) is 5.24. The van der Waals surface area contributed by atoms with Crippen LogP contribution < -0.4 is 10.1 Å². The summed E-state index contributed by atoms with van der Waals surface area (Å²) in [6, 6.07) is 8.24. The first-order valence-corrected chi connectivity index (χ1v) is 7.91. The number of hydrogen-bond donors (Lipinski definition) is 1. The van der Waals surface area contributed by atoms with Gasteiger partial charge in [-0.05, 0) is 43.5 Å². The molecule has 1 N–H and O–H groups in total. The van der Waals surface area contributed by atoms with E-state index in [1.165, 1.54) is 5.56 Å². The molecule has 0 saturated carbocycles. The second-order valence-corrected chi connectivity index (χ2v) is 6.16. The Kier molecular flexibility index (Phi) is 8.32. The minimum absolute atomic E-state index is 0.604. The molecule has 0 aromatic heterocycles. The Hall–Kier alpha value is -1.05. The van der Waals surface area contributed by atoms with Gasteiger partial charge in [-0.25, -0.2) is 0 Å². The van der Waals surface area contributed by atoms with E-state index in [9.17, 15) is 0 Å². The third-order valence-electron chi connectivity index (χ3n) is 2.83. The summed E-state index contributed by atoms with van der Waals surface area (Å²) in [6.07, 6.45) is 2.42. The minimum Gasteiger partial charge on any atom is -0.493 e. The molecule has 1 aromatic carbocycles. The molecule has 0 aliphatic heterocycles. The first-order valence-electron chi connectivity index (χ1n) is 7.12. The maximum absolute atomic E-state index is 8.49. The maximum Gasteiger partial charge on any atom is 0.123 e.